The molecule has 5 heteroatoms. The van der Waals surface area contributed by atoms with Crippen LogP contribution in [0.2, 0.25) is 0 Å². The van der Waals surface area contributed by atoms with Gasteiger partial charge >= 0.3 is 6.03 Å². The summed E-state index contributed by atoms with van der Waals surface area (Å²) in [5, 5.41) is 24.9. The molecule has 0 radical (unpaired) electrons. The van der Waals surface area contributed by atoms with Crippen LogP contribution in [0.15, 0.2) is 109 Å². The summed E-state index contributed by atoms with van der Waals surface area (Å²) in [6.07, 6.45) is 1.42. The van der Waals surface area contributed by atoms with Crippen molar-refractivity contribution in [3.05, 3.63) is 126 Å². The molecule has 5 aromatic rings. The van der Waals surface area contributed by atoms with Crippen LogP contribution in [-0.2, 0) is 12.8 Å². The number of rotatable bonds is 7. The molecule has 0 aromatic heterocycles. The van der Waals surface area contributed by atoms with Gasteiger partial charge in [0.15, 0.2) is 0 Å². The Labute approximate surface area is 222 Å². The zero-order valence-corrected chi connectivity index (χ0v) is 21.3. The molecule has 0 aliphatic heterocycles. The topological polar surface area (TPSA) is 72.8 Å². The molecule has 5 rings (SSSR count). The number of phenols is 2. The third-order valence-electron chi connectivity index (χ3n) is 6.80. The lowest BCUT2D eigenvalue weighted by molar-refractivity contribution is 0.247. The van der Waals surface area contributed by atoms with Crippen molar-refractivity contribution < 1.29 is 15.0 Å². The van der Waals surface area contributed by atoms with Crippen LogP contribution < -0.4 is 10.2 Å². The van der Waals surface area contributed by atoms with Gasteiger partial charge in [0.2, 0.25) is 0 Å². The average molecular weight is 503 g/mol. The number of hydrogen-bond acceptors (Lipinski definition) is 3. The van der Waals surface area contributed by atoms with E-state index in [1.54, 1.807) is 36.2 Å². The standard InChI is InChI=1S/C33H30N2O3/c1-35(27-8-3-2-4-9-27)33(38)34-19-18-23-6-5-7-24(20-23)21-32-30(25-10-13-28(36)14-11-25)16-12-26-22-29(37)15-17-31(26)32/h2-17,20,22,36-37H,18-19,21H2,1H3,(H,34,38). The second kappa shape index (κ2) is 11.1. The molecular weight excluding hydrogens is 472 g/mol. The quantitative estimate of drug-likeness (QED) is 0.227. The molecule has 0 saturated carbocycles. The molecule has 38 heavy (non-hydrogen) atoms. The van der Waals surface area contributed by atoms with Gasteiger partial charge in [0, 0.05) is 19.3 Å². The van der Waals surface area contributed by atoms with Crippen molar-refractivity contribution in [1.82, 2.24) is 5.32 Å². The Morgan fingerprint density at radius 3 is 2.29 bits per heavy atom. The molecule has 0 aliphatic rings. The van der Waals surface area contributed by atoms with Gasteiger partial charge in [-0.25, -0.2) is 4.79 Å². The monoisotopic (exact) mass is 502 g/mol. The zero-order chi connectivity index (χ0) is 26.5. The van der Waals surface area contributed by atoms with Crippen LogP contribution in [0.3, 0.4) is 0 Å². The predicted octanol–water partition coefficient (Wildman–Crippen LogP) is 6.90. The molecule has 190 valence electrons. The number of hydrogen-bond donors (Lipinski definition) is 3. The first-order valence-electron chi connectivity index (χ1n) is 12.7. The highest BCUT2D eigenvalue weighted by molar-refractivity contribution is 5.93. The highest BCUT2D eigenvalue weighted by Crippen LogP contribution is 2.34. The number of carbonyl (C=O) groups is 1. The second-order valence-electron chi connectivity index (χ2n) is 9.42. The Morgan fingerprint density at radius 2 is 1.50 bits per heavy atom. The summed E-state index contributed by atoms with van der Waals surface area (Å²) >= 11 is 0. The minimum atomic E-state index is -0.134. The van der Waals surface area contributed by atoms with E-state index in [1.807, 2.05) is 54.6 Å². The van der Waals surface area contributed by atoms with Crippen molar-refractivity contribution in [3.63, 3.8) is 0 Å². The number of nitrogens with zero attached hydrogens (tertiary/aromatic N) is 1. The number of carbonyl (C=O) groups excluding carboxylic acids is 1. The fourth-order valence-corrected chi connectivity index (χ4v) is 4.78. The minimum absolute atomic E-state index is 0.134. The van der Waals surface area contributed by atoms with Crippen LogP contribution in [0.25, 0.3) is 21.9 Å². The van der Waals surface area contributed by atoms with Crippen LogP contribution >= 0.6 is 0 Å². The number of para-hydroxylation sites is 1. The first kappa shape index (κ1) is 24.9. The fraction of sp³-hybridized carbons (Fsp3) is 0.121. The highest BCUT2D eigenvalue weighted by Gasteiger charge is 2.13. The Morgan fingerprint density at radius 1 is 0.763 bits per heavy atom. The Kier molecular flexibility index (Phi) is 7.27. The van der Waals surface area contributed by atoms with E-state index >= 15 is 0 Å². The SMILES string of the molecule is CN(C(=O)NCCc1cccc(Cc2c(-c3ccc(O)cc3)ccc3cc(O)ccc23)c1)c1ccccc1. The molecule has 0 aliphatic carbocycles. The van der Waals surface area contributed by atoms with Gasteiger partial charge < -0.3 is 15.5 Å². The number of nitrogens with one attached hydrogen (secondary N) is 1. The van der Waals surface area contributed by atoms with Gasteiger partial charge in [0.25, 0.3) is 0 Å². The van der Waals surface area contributed by atoms with Crippen LogP contribution in [0, 0.1) is 0 Å². The molecule has 0 spiro atoms. The maximum Gasteiger partial charge on any atom is 0.321 e. The van der Waals surface area contributed by atoms with Crippen LogP contribution in [0.4, 0.5) is 10.5 Å². The first-order chi connectivity index (χ1) is 18.5. The average Bonchev–Trinajstić information content (AvgIpc) is 2.94. The van der Waals surface area contributed by atoms with Crippen LogP contribution in [-0.4, -0.2) is 29.8 Å². The van der Waals surface area contributed by atoms with Crippen molar-refractivity contribution in [2.24, 2.45) is 0 Å². The molecule has 5 nitrogen and oxygen atoms in total. The van der Waals surface area contributed by atoms with Gasteiger partial charge in [0.1, 0.15) is 11.5 Å². The molecule has 0 heterocycles. The molecule has 0 saturated heterocycles. The van der Waals surface area contributed by atoms with E-state index in [0.29, 0.717) is 13.0 Å². The summed E-state index contributed by atoms with van der Waals surface area (Å²) in [6, 6.07) is 34.7. The molecule has 0 bridgehead atoms. The number of phenolic OH excluding ortho intramolecular Hbond substituents is 2. The number of aromatic hydroxyl groups is 2. The van der Waals surface area contributed by atoms with Gasteiger partial charge in [-0.3, -0.25) is 4.90 Å². The smallest absolute Gasteiger partial charge is 0.321 e. The second-order valence-corrected chi connectivity index (χ2v) is 9.42. The third kappa shape index (κ3) is 5.62. The van der Waals surface area contributed by atoms with E-state index in [0.717, 1.165) is 50.7 Å². The van der Waals surface area contributed by atoms with Crippen molar-refractivity contribution in [1.29, 1.82) is 0 Å². The lowest BCUT2D eigenvalue weighted by atomic mass is 9.89. The van der Waals surface area contributed by atoms with Gasteiger partial charge in [-0.05, 0) is 87.8 Å². The molecule has 5 aromatic carbocycles. The molecular formula is C33H30N2O3. The number of urea groups is 1. The van der Waals surface area contributed by atoms with E-state index < -0.39 is 0 Å². The molecule has 0 atom stereocenters. The van der Waals surface area contributed by atoms with Crippen LogP contribution in [0.1, 0.15) is 16.7 Å². The van der Waals surface area contributed by atoms with Crippen molar-refractivity contribution >= 4 is 22.5 Å². The Balaban J connectivity index is 1.35. The predicted molar refractivity (Wildman–Crippen MR) is 154 cm³/mol. The summed E-state index contributed by atoms with van der Waals surface area (Å²) in [5.41, 5.74) is 6.42. The van der Waals surface area contributed by atoms with Gasteiger partial charge in [-0.1, -0.05) is 72.8 Å². The third-order valence-corrected chi connectivity index (χ3v) is 6.80. The zero-order valence-electron chi connectivity index (χ0n) is 21.3. The van der Waals surface area contributed by atoms with E-state index in [9.17, 15) is 15.0 Å². The van der Waals surface area contributed by atoms with Crippen LogP contribution in [0.5, 0.6) is 11.5 Å². The number of benzene rings is 5. The lowest BCUT2D eigenvalue weighted by Gasteiger charge is -2.18. The maximum atomic E-state index is 12.6. The van der Waals surface area contributed by atoms with Gasteiger partial charge in [-0.2, -0.15) is 0 Å². The van der Waals surface area contributed by atoms with E-state index in [1.165, 1.54) is 0 Å². The number of fused-ring (bicyclic) bond motifs is 1. The minimum Gasteiger partial charge on any atom is -0.508 e. The van der Waals surface area contributed by atoms with E-state index in [4.69, 9.17) is 0 Å². The Bertz CT molecular complexity index is 1560. The maximum absolute atomic E-state index is 12.6. The number of anilines is 1. The van der Waals surface area contributed by atoms with Crippen molar-refractivity contribution in [3.8, 4) is 22.6 Å². The van der Waals surface area contributed by atoms with E-state index in [-0.39, 0.29) is 17.5 Å². The summed E-state index contributed by atoms with van der Waals surface area (Å²) in [5.74, 6) is 0.471. The van der Waals surface area contributed by atoms with Crippen molar-refractivity contribution in [2.75, 3.05) is 18.5 Å². The van der Waals surface area contributed by atoms with Gasteiger partial charge in [0.05, 0.1) is 0 Å². The van der Waals surface area contributed by atoms with Crippen molar-refractivity contribution in [2.45, 2.75) is 12.8 Å². The lowest BCUT2D eigenvalue weighted by Crippen LogP contribution is -2.38. The fourth-order valence-electron chi connectivity index (χ4n) is 4.78. The Hall–Kier alpha value is -4.77. The summed E-state index contributed by atoms with van der Waals surface area (Å²) in [6.45, 7) is 0.533. The molecule has 0 unspecified atom stereocenters. The molecule has 0 fully saturated rings. The summed E-state index contributed by atoms with van der Waals surface area (Å²) in [7, 11) is 1.76. The first-order valence-corrected chi connectivity index (χ1v) is 12.7. The summed E-state index contributed by atoms with van der Waals surface area (Å²) < 4.78 is 0. The van der Waals surface area contributed by atoms with Gasteiger partial charge in [-0.15, -0.1) is 0 Å². The normalized spacial score (nSPS) is 10.9. The molecule has 2 amide bonds. The highest BCUT2D eigenvalue weighted by atomic mass is 16.3. The number of amides is 2. The largest absolute Gasteiger partial charge is 0.508 e. The molecule has 3 N–H and O–H groups in total. The van der Waals surface area contributed by atoms with E-state index in [2.05, 4.69) is 35.6 Å². The summed E-state index contributed by atoms with van der Waals surface area (Å²) in [4.78, 5) is 14.2.